The fourth-order valence-corrected chi connectivity index (χ4v) is 2.63. The van der Waals surface area contributed by atoms with Crippen molar-refractivity contribution in [3.63, 3.8) is 0 Å². The lowest BCUT2D eigenvalue weighted by Crippen LogP contribution is -2.43. The first kappa shape index (κ1) is 8.38. The van der Waals surface area contributed by atoms with Gasteiger partial charge in [-0.1, -0.05) is 12.8 Å². The third-order valence-electron chi connectivity index (χ3n) is 2.93. The lowest BCUT2D eigenvalue weighted by atomic mass is 9.79. The van der Waals surface area contributed by atoms with E-state index in [4.69, 9.17) is 0 Å². The Balaban J connectivity index is 2.13. The molecule has 2 saturated heterocycles. The molecule has 2 aliphatic rings. The number of carbonyl (C=O) groups is 1. The van der Waals surface area contributed by atoms with Crippen LogP contribution in [0, 0.1) is 5.41 Å². The van der Waals surface area contributed by atoms with E-state index in [0.29, 0.717) is 0 Å². The highest BCUT2D eigenvalue weighted by molar-refractivity contribution is 7.77. The van der Waals surface area contributed by atoms with Crippen LogP contribution < -0.4 is 5.32 Å². The zero-order valence-corrected chi connectivity index (χ0v) is 7.94. The van der Waals surface area contributed by atoms with E-state index >= 15 is 0 Å². The van der Waals surface area contributed by atoms with Gasteiger partial charge in [0.05, 0.1) is 5.41 Å². The van der Waals surface area contributed by atoms with Crippen LogP contribution in [-0.4, -0.2) is 29.8 Å². The number of piperidine rings is 1. The topological polar surface area (TPSA) is 32.3 Å². The van der Waals surface area contributed by atoms with E-state index in [0.717, 1.165) is 38.9 Å². The van der Waals surface area contributed by atoms with Gasteiger partial charge in [-0.25, -0.2) is 0 Å². The second-order valence-electron chi connectivity index (χ2n) is 3.78. The molecule has 0 aromatic rings. The second kappa shape index (κ2) is 2.92. The molecule has 4 heteroatoms. The zero-order valence-electron chi connectivity index (χ0n) is 7.05. The van der Waals surface area contributed by atoms with Crippen LogP contribution in [0.3, 0.4) is 0 Å². The molecule has 0 unspecified atom stereocenters. The first-order chi connectivity index (χ1) is 5.73. The molecule has 1 spiro atoms. The number of hydrogen-bond donors (Lipinski definition) is 2. The molecular weight excluding hydrogens is 172 g/mol. The molecule has 0 radical (unpaired) electrons. The van der Waals surface area contributed by atoms with E-state index in [1.165, 1.54) is 0 Å². The van der Waals surface area contributed by atoms with Gasteiger partial charge in [-0.05, 0) is 19.3 Å². The summed E-state index contributed by atoms with van der Waals surface area (Å²) in [4.78, 5) is 11.5. The van der Waals surface area contributed by atoms with Crippen molar-refractivity contribution in [2.75, 3.05) is 19.6 Å². The van der Waals surface area contributed by atoms with Crippen LogP contribution in [0.15, 0.2) is 0 Å². The molecule has 0 saturated carbocycles. The Morgan fingerprint density at radius 3 is 2.92 bits per heavy atom. The number of carbonyl (C=O) groups excluding carboxylic acids is 1. The van der Waals surface area contributed by atoms with Crippen molar-refractivity contribution in [3.8, 4) is 0 Å². The standard InChI is InChI=1S/C8H14N2OS/c11-7-8(3-4-9-7)2-1-5-10(12)6-8/h12H,1-6H2,(H,9,11)/t8-/m0/s1. The van der Waals surface area contributed by atoms with Gasteiger partial charge in [0, 0.05) is 19.6 Å². The highest BCUT2D eigenvalue weighted by atomic mass is 32.1. The molecule has 2 fully saturated rings. The average Bonchev–Trinajstić information content (AvgIpc) is 2.33. The summed E-state index contributed by atoms with van der Waals surface area (Å²) in [7, 11) is 0. The van der Waals surface area contributed by atoms with Gasteiger partial charge < -0.3 is 5.32 Å². The van der Waals surface area contributed by atoms with Crippen LogP contribution >= 0.6 is 12.8 Å². The van der Waals surface area contributed by atoms with E-state index in [1.807, 2.05) is 4.31 Å². The molecule has 1 amide bonds. The number of thiol groups is 1. The van der Waals surface area contributed by atoms with Crippen LogP contribution in [0.25, 0.3) is 0 Å². The summed E-state index contributed by atoms with van der Waals surface area (Å²) in [6.45, 7) is 2.68. The highest BCUT2D eigenvalue weighted by Gasteiger charge is 2.44. The minimum atomic E-state index is -0.0972. The van der Waals surface area contributed by atoms with Crippen LogP contribution in [-0.2, 0) is 4.79 Å². The largest absolute Gasteiger partial charge is 0.356 e. The maximum atomic E-state index is 11.5. The fraction of sp³-hybridized carbons (Fsp3) is 0.875. The Bertz CT molecular complexity index is 209. The summed E-state index contributed by atoms with van der Waals surface area (Å²) in [6, 6.07) is 0. The predicted molar refractivity (Wildman–Crippen MR) is 49.9 cm³/mol. The van der Waals surface area contributed by atoms with E-state index in [-0.39, 0.29) is 11.3 Å². The van der Waals surface area contributed by atoms with Gasteiger partial charge in [0.25, 0.3) is 0 Å². The molecule has 0 bridgehead atoms. The minimum absolute atomic E-state index is 0.0972. The maximum Gasteiger partial charge on any atom is 0.227 e. The summed E-state index contributed by atoms with van der Waals surface area (Å²) in [5.41, 5.74) is -0.0972. The number of rotatable bonds is 0. The molecular formula is C8H14N2OS. The smallest absolute Gasteiger partial charge is 0.227 e. The fourth-order valence-electron chi connectivity index (χ4n) is 2.21. The van der Waals surface area contributed by atoms with Gasteiger partial charge in [0.15, 0.2) is 0 Å². The Morgan fingerprint density at radius 1 is 1.50 bits per heavy atom. The third-order valence-corrected chi connectivity index (χ3v) is 3.27. The molecule has 0 aliphatic carbocycles. The van der Waals surface area contributed by atoms with Gasteiger partial charge in [-0.2, -0.15) is 0 Å². The summed E-state index contributed by atoms with van der Waals surface area (Å²) in [5, 5.41) is 2.90. The predicted octanol–water partition coefficient (Wildman–Crippen LogP) is 0.433. The van der Waals surface area contributed by atoms with Gasteiger partial charge in [-0.15, -0.1) is 0 Å². The maximum absolute atomic E-state index is 11.5. The normalized spacial score (nSPS) is 37.2. The van der Waals surface area contributed by atoms with Crippen LogP contribution in [0.4, 0.5) is 0 Å². The number of hydrogen-bond acceptors (Lipinski definition) is 3. The highest BCUT2D eigenvalue weighted by Crippen LogP contribution is 2.36. The first-order valence-electron chi connectivity index (χ1n) is 4.45. The molecule has 1 N–H and O–H groups in total. The van der Waals surface area contributed by atoms with E-state index in [2.05, 4.69) is 18.1 Å². The van der Waals surface area contributed by atoms with Crippen molar-refractivity contribution >= 4 is 18.7 Å². The Kier molecular flexibility index (Phi) is 2.04. The summed E-state index contributed by atoms with van der Waals surface area (Å²) >= 11 is 4.30. The molecule has 12 heavy (non-hydrogen) atoms. The zero-order chi connectivity index (χ0) is 8.60. The Labute approximate surface area is 78.0 Å². The molecule has 2 aliphatic heterocycles. The van der Waals surface area contributed by atoms with Crippen molar-refractivity contribution in [2.45, 2.75) is 19.3 Å². The Hall–Kier alpha value is -0.220. The SMILES string of the molecule is O=C1NCC[C@]12CCCN(S)C2. The number of nitrogens with one attached hydrogen (secondary N) is 1. The van der Waals surface area contributed by atoms with Gasteiger partial charge in [0.2, 0.25) is 5.91 Å². The lowest BCUT2D eigenvalue weighted by molar-refractivity contribution is -0.129. The molecule has 1 atom stereocenters. The molecule has 68 valence electrons. The molecule has 0 aromatic heterocycles. The summed E-state index contributed by atoms with van der Waals surface area (Å²) < 4.78 is 1.97. The van der Waals surface area contributed by atoms with Crippen LogP contribution in [0.2, 0.25) is 0 Å². The second-order valence-corrected chi connectivity index (χ2v) is 4.34. The quantitative estimate of drug-likeness (QED) is 0.538. The third kappa shape index (κ3) is 1.23. The average molecular weight is 186 g/mol. The van der Waals surface area contributed by atoms with Gasteiger partial charge in [-0.3, -0.25) is 9.10 Å². The van der Waals surface area contributed by atoms with Crippen molar-refractivity contribution in [2.24, 2.45) is 5.41 Å². The minimum Gasteiger partial charge on any atom is -0.356 e. The van der Waals surface area contributed by atoms with Crippen LogP contribution in [0.1, 0.15) is 19.3 Å². The van der Waals surface area contributed by atoms with Crippen molar-refractivity contribution < 1.29 is 4.79 Å². The van der Waals surface area contributed by atoms with E-state index < -0.39 is 0 Å². The van der Waals surface area contributed by atoms with Crippen molar-refractivity contribution in [3.05, 3.63) is 0 Å². The molecule has 2 rings (SSSR count). The monoisotopic (exact) mass is 186 g/mol. The van der Waals surface area contributed by atoms with Crippen molar-refractivity contribution in [1.82, 2.24) is 9.62 Å². The molecule has 2 heterocycles. The summed E-state index contributed by atoms with van der Waals surface area (Å²) in [5.74, 6) is 0.237. The summed E-state index contributed by atoms with van der Waals surface area (Å²) in [6.07, 6.45) is 3.12. The van der Waals surface area contributed by atoms with E-state index in [1.54, 1.807) is 0 Å². The molecule has 3 nitrogen and oxygen atoms in total. The Morgan fingerprint density at radius 2 is 2.33 bits per heavy atom. The van der Waals surface area contributed by atoms with E-state index in [9.17, 15) is 4.79 Å². The lowest BCUT2D eigenvalue weighted by Gasteiger charge is -2.35. The van der Waals surface area contributed by atoms with Gasteiger partial charge >= 0.3 is 0 Å². The van der Waals surface area contributed by atoms with Crippen LogP contribution in [0.5, 0.6) is 0 Å². The van der Waals surface area contributed by atoms with Gasteiger partial charge in [0.1, 0.15) is 0 Å². The number of amides is 1. The first-order valence-corrected chi connectivity index (χ1v) is 4.85. The van der Waals surface area contributed by atoms with Crippen molar-refractivity contribution in [1.29, 1.82) is 0 Å². The molecule has 0 aromatic carbocycles. The number of nitrogens with zero attached hydrogens (tertiary/aromatic N) is 1.